The predicted octanol–water partition coefficient (Wildman–Crippen LogP) is 6.35. The van der Waals surface area contributed by atoms with E-state index in [4.69, 9.17) is 28.9 Å². The number of rotatable bonds is 20. The maximum atomic E-state index is 12.5. The van der Waals surface area contributed by atoms with E-state index < -0.39 is 36.2 Å². The van der Waals surface area contributed by atoms with Crippen LogP contribution in [0.15, 0.2) is 70.5 Å². The smallest absolute Gasteiger partial charge is 0.325 e. The molecule has 0 bridgehead atoms. The van der Waals surface area contributed by atoms with Crippen LogP contribution >= 0.6 is 0 Å². The van der Waals surface area contributed by atoms with Crippen LogP contribution < -0.4 is 21.8 Å². The summed E-state index contributed by atoms with van der Waals surface area (Å²) in [5.74, 6) is 1.92. The molecule has 0 aliphatic carbocycles. The van der Waals surface area contributed by atoms with Gasteiger partial charge in [-0.3, -0.25) is 29.8 Å². The van der Waals surface area contributed by atoms with Crippen molar-refractivity contribution < 1.29 is 38.7 Å². The van der Waals surface area contributed by atoms with Crippen molar-refractivity contribution in [2.24, 2.45) is 37.8 Å². The number of hydrogen-bond donors (Lipinski definition) is 4. The standard InChI is InChI=1S/2C29H40N4O5/c2*1-18(2)16-38-29(36)26(20(4)34)30-13-21-8-9-25-24(12-21)31-27(23-11-19(3)28(35)32(5)15-23)33(25)14-22-7-6-10-37-17-22/h2*8-9,11-12,15,18,20,22,26,30,34H,6-7,10,13-14,16-17H2,1-5H3/t20-,22+,26+;20-,22-,26+/m11/s1. The van der Waals surface area contributed by atoms with Gasteiger partial charge in [0.15, 0.2) is 0 Å². The van der Waals surface area contributed by atoms with Gasteiger partial charge in [-0.25, -0.2) is 9.97 Å². The molecule has 6 aromatic rings. The third kappa shape index (κ3) is 14.7. The number of fused-ring (bicyclic) bond motifs is 2. The van der Waals surface area contributed by atoms with Crippen LogP contribution in [0.1, 0.15) is 89.5 Å². The van der Waals surface area contributed by atoms with E-state index in [-0.39, 0.29) is 23.0 Å². The molecule has 412 valence electrons. The number of ether oxygens (including phenoxy) is 4. The number of aliphatic hydroxyl groups excluding tert-OH is 2. The Hall–Kier alpha value is -6.02. The van der Waals surface area contributed by atoms with E-state index in [9.17, 15) is 29.4 Å². The van der Waals surface area contributed by atoms with Gasteiger partial charge in [0.25, 0.3) is 11.1 Å². The lowest BCUT2D eigenvalue weighted by Crippen LogP contribution is -2.45. The van der Waals surface area contributed by atoms with Crippen LogP contribution in [-0.2, 0) is 68.8 Å². The summed E-state index contributed by atoms with van der Waals surface area (Å²) in [5, 5.41) is 26.6. The maximum absolute atomic E-state index is 12.5. The molecule has 6 atom stereocenters. The van der Waals surface area contributed by atoms with Gasteiger partial charge in [0.1, 0.15) is 23.7 Å². The Balaban J connectivity index is 0.000000221. The summed E-state index contributed by atoms with van der Waals surface area (Å²) in [6, 6.07) is 14.3. The first-order valence-electron chi connectivity index (χ1n) is 26.9. The van der Waals surface area contributed by atoms with Gasteiger partial charge in [0, 0.05) is 100.0 Å². The largest absolute Gasteiger partial charge is 0.464 e. The second kappa shape index (κ2) is 26.4. The number of aliphatic hydroxyl groups is 2. The molecule has 2 saturated heterocycles. The summed E-state index contributed by atoms with van der Waals surface area (Å²) in [6.07, 6.45) is 6.18. The molecule has 6 heterocycles. The summed E-state index contributed by atoms with van der Waals surface area (Å²) in [6.45, 7) is 20.7. The van der Waals surface area contributed by atoms with Crippen molar-refractivity contribution in [3.05, 3.63) is 104 Å². The van der Waals surface area contributed by atoms with Crippen LogP contribution in [0.25, 0.3) is 44.8 Å². The van der Waals surface area contributed by atoms with Crippen molar-refractivity contribution in [1.29, 1.82) is 0 Å². The highest BCUT2D eigenvalue weighted by Gasteiger charge is 2.28. The van der Waals surface area contributed by atoms with Crippen molar-refractivity contribution in [1.82, 2.24) is 38.9 Å². The Morgan fingerprint density at radius 3 is 1.37 bits per heavy atom. The number of nitrogens with one attached hydrogen (secondary N) is 2. The Kier molecular flexibility index (Phi) is 20.0. The summed E-state index contributed by atoms with van der Waals surface area (Å²) >= 11 is 0. The minimum atomic E-state index is -0.894. The fourth-order valence-electron chi connectivity index (χ4n) is 9.83. The number of aryl methyl sites for hydroxylation is 4. The number of carbonyl (C=O) groups is 2. The summed E-state index contributed by atoms with van der Waals surface area (Å²) in [4.78, 5) is 59.7. The molecular weight excluding hydrogens is 969 g/mol. The van der Waals surface area contributed by atoms with E-state index in [1.165, 1.54) is 0 Å². The molecule has 4 N–H and O–H groups in total. The van der Waals surface area contributed by atoms with Gasteiger partial charge in [-0.05, 0) is 113 Å². The fourth-order valence-corrected chi connectivity index (χ4v) is 9.83. The molecule has 0 saturated carbocycles. The van der Waals surface area contributed by atoms with E-state index in [0.29, 0.717) is 49.3 Å². The highest BCUT2D eigenvalue weighted by molar-refractivity contribution is 5.83. The lowest BCUT2D eigenvalue weighted by molar-refractivity contribution is -0.151. The zero-order valence-corrected chi connectivity index (χ0v) is 46.1. The molecule has 2 aromatic carbocycles. The molecule has 76 heavy (non-hydrogen) atoms. The molecule has 2 aliphatic rings. The molecule has 18 nitrogen and oxygen atoms in total. The number of esters is 2. The zero-order valence-electron chi connectivity index (χ0n) is 46.1. The second-order valence-corrected chi connectivity index (χ2v) is 21.8. The third-order valence-corrected chi connectivity index (χ3v) is 13.9. The van der Waals surface area contributed by atoms with E-state index in [2.05, 4.69) is 31.9 Å². The van der Waals surface area contributed by atoms with Crippen LogP contribution in [0.3, 0.4) is 0 Å². The maximum Gasteiger partial charge on any atom is 0.325 e. The molecule has 2 aliphatic heterocycles. The molecule has 4 aromatic heterocycles. The van der Waals surface area contributed by atoms with E-state index >= 15 is 0 Å². The summed E-state index contributed by atoms with van der Waals surface area (Å²) in [7, 11) is 3.52. The molecule has 8 rings (SSSR count). The van der Waals surface area contributed by atoms with Crippen molar-refractivity contribution in [3.8, 4) is 22.8 Å². The second-order valence-electron chi connectivity index (χ2n) is 21.8. The topological polar surface area (TPSA) is 215 Å². The van der Waals surface area contributed by atoms with Crippen molar-refractivity contribution in [2.45, 2.75) is 132 Å². The Morgan fingerprint density at radius 1 is 0.645 bits per heavy atom. The number of carbonyl (C=O) groups excluding carboxylic acids is 2. The minimum Gasteiger partial charge on any atom is -0.464 e. The SMILES string of the molecule is Cc1cc(-c2nc3cc(CN[C@H](C(=O)OCC(C)C)[C@@H](C)O)ccc3n2C[C@@H]2CCCOC2)cn(C)c1=O.Cc1cc(-c2nc3cc(CN[C@H](C(=O)OCC(C)C)[C@@H](C)O)ccc3n2C[C@H]2CCCOC2)cn(C)c1=O. The normalized spacial score (nSPS) is 17.6. The van der Waals surface area contributed by atoms with Crippen molar-refractivity contribution in [3.63, 3.8) is 0 Å². The molecular formula is C58H80N8O10. The first-order chi connectivity index (χ1) is 36.3. The number of nitrogens with zero attached hydrogens (tertiary/aromatic N) is 6. The minimum absolute atomic E-state index is 0.0231. The number of pyridine rings is 2. The van der Waals surface area contributed by atoms with Gasteiger partial charge < -0.3 is 47.4 Å². The molecule has 0 unspecified atom stereocenters. The van der Waals surface area contributed by atoms with Crippen LogP contribution in [0.4, 0.5) is 0 Å². The predicted molar refractivity (Wildman–Crippen MR) is 294 cm³/mol. The van der Waals surface area contributed by atoms with Crippen LogP contribution in [-0.4, -0.2) is 114 Å². The molecule has 0 spiro atoms. The van der Waals surface area contributed by atoms with Crippen LogP contribution in [0.2, 0.25) is 0 Å². The fraction of sp³-hybridized carbons (Fsp3) is 0.552. The molecule has 2 fully saturated rings. The van der Waals surface area contributed by atoms with E-state index in [0.717, 1.165) is 121 Å². The molecule has 0 radical (unpaired) electrons. The lowest BCUT2D eigenvalue weighted by Gasteiger charge is -2.23. The third-order valence-electron chi connectivity index (χ3n) is 13.9. The van der Waals surface area contributed by atoms with Gasteiger partial charge in [-0.15, -0.1) is 0 Å². The first-order valence-corrected chi connectivity index (χ1v) is 26.9. The van der Waals surface area contributed by atoms with Gasteiger partial charge in [0.05, 0.1) is 60.7 Å². The van der Waals surface area contributed by atoms with E-state index in [1.807, 2.05) is 90.3 Å². The Labute approximate surface area is 445 Å². The van der Waals surface area contributed by atoms with Crippen molar-refractivity contribution >= 4 is 34.0 Å². The number of benzene rings is 2. The molecule has 18 heteroatoms. The number of aromatic nitrogens is 6. The number of imidazole rings is 2. The Bertz CT molecular complexity index is 2790. The van der Waals surface area contributed by atoms with Crippen LogP contribution in [0.5, 0.6) is 0 Å². The van der Waals surface area contributed by atoms with Gasteiger partial charge >= 0.3 is 11.9 Å². The van der Waals surface area contributed by atoms with E-state index in [1.54, 1.807) is 37.1 Å². The summed E-state index contributed by atoms with van der Waals surface area (Å²) in [5.41, 5.74) is 8.62. The highest BCUT2D eigenvalue weighted by atomic mass is 16.5. The monoisotopic (exact) mass is 1050 g/mol. The summed E-state index contributed by atoms with van der Waals surface area (Å²) < 4.78 is 29.8. The first kappa shape index (κ1) is 57.7. The Morgan fingerprint density at radius 2 is 1.04 bits per heavy atom. The highest BCUT2D eigenvalue weighted by Crippen LogP contribution is 2.31. The van der Waals surface area contributed by atoms with Gasteiger partial charge in [-0.1, -0.05) is 39.8 Å². The number of hydrogen-bond acceptors (Lipinski definition) is 14. The average Bonchev–Trinajstić information content (AvgIpc) is 3.93. The van der Waals surface area contributed by atoms with Gasteiger partial charge in [0.2, 0.25) is 0 Å². The van der Waals surface area contributed by atoms with Crippen molar-refractivity contribution in [2.75, 3.05) is 39.6 Å². The molecule has 0 amide bonds. The average molecular weight is 1050 g/mol. The zero-order chi connectivity index (χ0) is 54.8. The van der Waals surface area contributed by atoms with Crippen LogP contribution in [0, 0.1) is 37.5 Å². The quantitative estimate of drug-likeness (QED) is 0.0614. The van der Waals surface area contributed by atoms with Gasteiger partial charge in [-0.2, -0.15) is 0 Å². The lowest BCUT2D eigenvalue weighted by atomic mass is 10.0.